The highest BCUT2D eigenvalue weighted by Gasteiger charge is 2.34. The Kier molecular flexibility index (Phi) is 5.92. The average molecular weight is 416 g/mol. The second-order valence-corrected chi connectivity index (χ2v) is 9.43. The van der Waals surface area contributed by atoms with Crippen molar-refractivity contribution in [3.8, 4) is 5.75 Å². The summed E-state index contributed by atoms with van der Waals surface area (Å²) in [6.07, 6.45) is 0.659. The van der Waals surface area contributed by atoms with E-state index < -0.39 is 15.7 Å². The van der Waals surface area contributed by atoms with Crippen molar-refractivity contribution in [2.45, 2.75) is 12.5 Å². The first kappa shape index (κ1) is 19.9. The number of hydrogen-bond donors (Lipinski definition) is 1. The Morgan fingerprint density at radius 2 is 1.93 bits per heavy atom. The maximum absolute atomic E-state index is 12.4. The normalized spacial score (nSPS) is 22.6. The molecule has 2 aliphatic heterocycles. The lowest BCUT2D eigenvalue weighted by Crippen LogP contribution is -2.53. The molecule has 1 unspecified atom stereocenters. The van der Waals surface area contributed by atoms with Gasteiger partial charge in [-0.2, -0.15) is 0 Å². The number of sulfone groups is 1. The molecular weight excluding hydrogens is 394 g/mol. The Bertz CT molecular complexity index is 837. The number of ether oxygens (including phenoxy) is 1. The Labute approximate surface area is 163 Å². The smallest absolute Gasteiger partial charge is 0.260 e. The highest BCUT2D eigenvalue weighted by Crippen LogP contribution is 2.23. The largest absolute Gasteiger partial charge is 0.483 e. The van der Waals surface area contributed by atoms with Gasteiger partial charge < -0.3 is 15.4 Å². The number of amides is 2. The molecule has 1 aromatic rings. The quantitative estimate of drug-likeness (QED) is 0.732. The zero-order valence-electron chi connectivity index (χ0n) is 14.8. The summed E-state index contributed by atoms with van der Waals surface area (Å²) in [5.41, 5.74) is 5.43. The highest BCUT2D eigenvalue weighted by molar-refractivity contribution is 7.91. The summed E-state index contributed by atoms with van der Waals surface area (Å²) in [6.45, 7) is 2.10. The van der Waals surface area contributed by atoms with Crippen molar-refractivity contribution in [2.75, 3.05) is 44.3 Å². The summed E-state index contributed by atoms with van der Waals surface area (Å²) in [5.74, 6) is -0.209. The molecule has 2 amide bonds. The third-order valence-electron chi connectivity index (χ3n) is 4.95. The molecule has 3 rings (SSSR count). The maximum Gasteiger partial charge on any atom is 0.260 e. The number of piperazine rings is 1. The van der Waals surface area contributed by atoms with Gasteiger partial charge in [-0.1, -0.05) is 11.6 Å². The third kappa shape index (κ3) is 4.91. The van der Waals surface area contributed by atoms with Crippen LogP contribution in [0.15, 0.2) is 18.2 Å². The summed E-state index contributed by atoms with van der Waals surface area (Å²) in [5, 5.41) is 0.354. The molecule has 0 aliphatic carbocycles. The average Bonchev–Trinajstić information content (AvgIpc) is 3.00. The molecule has 1 atom stereocenters. The van der Waals surface area contributed by atoms with E-state index in [0.29, 0.717) is 37.6 Å². The summed E-state index contributed by atoms with van der Waals surface area (Å²) < 4.78 is 28.7. The third-order valence-corrected chi connectivity index (χ3v) is 6.94. The number of carbonyl (C=O) groups excluding carboxylic acids is 2. The van der Waals surface area contributed by atoms with Crippen LogP contribution in [0, 0.1) is 0 Å². The molecule has 8 nitrogen and oxygen atoms in total. The number of carbonyl (C=O) groups is 2. The van der Waals surface area contributed by atoms with E-state index in [0.717, 1.165) is 0 Å². The van der Waals surface area contributed by atoms with Crippen LogP contribution in [0.1, 0.15) is 16.8 Å². The number of halogens is 1. The lowest BCUT2D eigenvalue weighted by atomic mass is 10.2. The first-order valence-electron chi connectivity index (χ1n) is 8.69. The molecule has 10 heteroatoms. The molecule has 2 N–H and O–H groups in total. The molecule has 0 radical (unpaired) electrons. The van der Waals surface area contributed by atoms with Crippen LogP contribution < -0.4 is 10.5 Å². The maximum atomic E-state index is 12.4. The zero-order valence-corrected chi connectivity index (χ0v) is 16.3. The van der Waals surface area contributed by atoms with E-state index in [1.54, 1.807) is 11.0 Å². The SMILES string of the molecule is NC(=O)c1cc(Cl)ccc1OCC(=O)N1CCN(C2CCS(=O)(=O)C2)CC1. The van der Waals surface area contributed by atoms with Crippen LogP contribution in [-0.4, -0.2) is 80.4 Å². The van der Waals surface area contributed by atoms with Crippen molar-refractivity contribution >= 4 is 33.3 Å². The Hall–Kier alpha value is -1.84. The minimum Gasteiger partial charge on any atom is -0.483 e. The van der Waals surface area contributed by atoms with Crippen LogP contribution >= 0.6 is 11.6 Å². The molecule has 2 saturated heterocycles. The number of hydrogen-bond acceptors (Lipinski definition) is 6. The van der Waals surface area contributed by atoms with Crippen LogP contribution in [0.2, 0.25) is 5.02 Å². The predicted molar refractivity (Wildman–Crippen MR) is 101 cm³/mol. The molecule has 2 heterocycles. The molecule has 0 bridgehead atoms. The van der Waals surface area contributed by atoms with Gasteiger partial charge >= 0.3 is 0 Å². The van der Waals surface area contributed by atoms with Gasteiger partial charge in [0.1, 0.15) is 5.75 Å². The number of rotatable bonds is 5. The van der Waals surface area contributed by atoms with Crippen LogP contribution in [0.4, 0.5) is 0 Å². The number of nitrogens with two attached hydrogens (primary N) is 1. The van der Waals surface area contributed by atoms with Crippen LogP contribution in [0.5, 0.6) is 5.75 Å². The molecule has 148 valence electrons. The molecule has 0 spiro atoms. The first-order valence-corrected chi connectivity index (χ1v) is 10.9. The van der Waals surface area contributed by atoms with Crippen molar-refractivity contribution < 1.29 is 22.7 Å². The summed E-state index contributed by atoms with van der Waals surface area (Å²) in [7, 11) is -2.92. The van der Waals surface area contributed by atoms with E-state index in [-0.39, 0.29) is 41.4 Å². The van der Waals surface area contributed by atoms with E-state index in [4.69, 9.17) is 22.1 Å². The fraction of sp³-hybridized carbons (Fsp3) is 0.529. The topological polar surface area (TPSA) is 110 Å². The molecule has 2 fully saturated rings. The van der Waals surface area contributed by atoms with Gasteiger partial charge in [0, 0.05) is 37.2 Å². The van der Waals surface area contributed by atoms with Gasteiger partial charge in [-0.3, -0.25) is 14.5 Å². The van der Waals surface area contributed by atoms with Gasteiger partial charge in [0.15, 0.2) is 16.4 Å². The highest BCUT2D eigenvalue weighted by atomic mass is 35.5. The Morgan fingerprint density at radius 1 is 1.22 bits per heavy atom. The van der Waals surface area contributed by atoms with E-state index >= 15 is 0 Å². The lowest BCUT2D eigenvalue weighted by molar-refractivity contribution is -0.135. The number of nitrogens with zero attached hydrogens (tertiary/aromatic N) is 2. The van der Waals surface area contributed by atoms with Gasteiger partial charge in [-0.15, -0.1) is 0 Å². The van der Waals surface area contributed by atoms with E-state index in [9.17, 15) is 18.0 Å². The van der Waals surface area contributed by atoms with Crippen LogP contribution in [0.25, 0.3) is 0 Å². The monoisotopic (exact) mass is 415 g/mol. The molecule has 27 heavy (non-hydrogen) atoms. The fourth-order valence-corrected chi connectivity index (χ4v) is 5.38. The van der Waals surface area contributed by atoms with Crippen molar-refractivity contribution in [1.29, 1.82) is 0 Å². The second-order valence-electron chi connectivity index (χ2n) is 6.77. The molecule has 0 aromatic heterocycles. The summed E-state index contributed by atoms with van der Waals surface area (Å²) >= 11 is 5.85. The lowest BCUT2D eigenvalue weighted by Gasteiger charge is -2.37. The van der Waals surface area contributed by atoms with Gasteiger partial charge in [-0.25, -0.2) is 8.42 Å². The van der Waals surface area contributed by atoms with Crippen molar-refractivity contribution in [3.63, 3.8) is 0 Å². The fourth-order valence-electron chi connectivity index (χ4n) is 3.45. The standard InChI is InChI=1S/C17H22ClN3O5S/c18-12-1-2-15(14(9-12)17(19)23)26-10-16(22)21-6-4-20(5-7-21)13-3-8-27(24,25)11-13/h1-2,9,13H,3-8,10-11H2,(H2,19,23). The minimum atomic E-state index is -2.92. The Balaban J connectivity index is 1.51. The van der Waals surface area contributed by atoms with E-state index in [2.05, 4.69) is 4.90 Å². The van der Waals surface area contributed by atoms with Gasteiger partial charge in [-0.05, 0) is 24.6 Å². The zero-order chi connectivity index (χ0) is 19.6. The Morgan fingerprint density at radius 3 is 2.52 bits per heavy atom. The second kappa shape index (κ2) is 8.04. The van der Waals surface area contributed by atoms with Crippen LogP contribution in [-0.2, 0) is 14.6 Å². The number of primary amides is 1. The van der Waals surface area contributed by atoms with Crippen molar-refractivity contribution in [2.24, 2.45) is 5.73 Å². The van der Waals surface area contributed by atoms with Gasteiger partial charge in [0.05, 0.1) is 17.1 Å². The molecule has 1 aromatic carbocycles. The molecule has 2 aliphatic rings. The predicted octanol–water partition coefficient (Wildman–Crippen LogP) is 0.149. The van der Waals surface area contributed by atoms with Gasteiger partial charge in [0.25, 0.3) is 11.8 Å². The van der Waals surface area contributed by atoms with Crippen LogP contribution in [0.3, 0.4) is 0 Å². The molecule has 0 saturated carbocycles. The molecular formula is C17H22ClN3O5S. The summed E-state index contributed by atoms with van der Waals surface area (Å²) in [6, 6.07) is 4.52. The van der Waals surface area contributed by atoms with E-state index in [1.165, 1.54) is 12.1 Å². The minimum absolute atomic E-state index is 0.0516. The van der Waals surface area contributed by atoms with Crippen molar-refractivity contribution in [3.05, 3.63) is 28.8 Å². The number of benzene rings is 1. The van der Waals surface area contributed by atoms with Crippen molar-refractivity contribution in [1.82, 2.24) is 9.80 Å². The van der Waals surface area contributed by atoms with E-state index in [1.807, 2.05) is 0 Å². The van der Waals surface area contributed by atoms with Gasteiger partial charge in [0.2, 0.25) is 0 Å². The first-order chi connectivity index (χ1) is 12.7. The summed E-state index contributed by atoms with van der Waals surface area (Å²) in [4.78, 5) is 27.7.